The number of hydrogen-bond acceptors (Lipinski definition) is 5. The zero-order valence-corrected chi connectivity index (χ0v) is 16.7. The maximum atomic E-state index is 13.2. The van der Waals surface area contributed by atoms with Crippen LogP contribution in [-0.2, 0) is 11.3 Å². The second-order valence-electron chi connectivity index (χ2n) is 6.70. The summed E-state index contributed by atoms with van der Waals surface area (Å²) in [6.07, 6.45) is 1.36. The Morgan fingerprint density at radius 3 is 2.47 bits per heavy atom. The SMILES string of the molecule is CC(=O)Nc1ccc(C(=O)Cn2cnc3scc(-c4ccc(F)cc4)c3c2=O)cc1. The van der Waals surface area contributed by atoms with Crippen LogP contribution in [0.15, 0.2) is 65.0 Å². The van der Waals surface area contributed by atoms with E-state index in [0.29, 0.717) is 32.6 Å². The van der Waals surface area contributed by atoms with Crippen molar-refractivity contribution >= 4 is 38.9 Å². The van der Waals surface area contributed by atoms with Gasteiger partial charge in [0.25, 0.3) is 5.56 Å². The van der Waals surface area contributed by atoms with E-state index in [0.717, 1.165) is 0 Å². The second kappa shape index (κ2) is 8.00. The third-order valence-corrected chi connectivity index (χ3v) is 5.44. The number of ketones is 1. The van der Waals surface area contributed by atoms with Gasteiger partial charge in [-0.1, -0.05) is 12.1 Å². The first-order valence-corrected chi connectivity index (χ1v) is 9.94. The number of carbonyl (C=O) groups is 2. The maximum absolute atomic E-state index is 13.2. The highest BCUT2D eigenvalue weighted by Crippen LogP contribution is 2.30. The van der Waals surface area contributed by atoms with Crippen molar-refractivity contribution in [2.45, 2.75) is 13.5 Å². The minimum atomic E-state index is -0.357. The van der Waals surface area contributed by atoms with Gasteiger partial charge in [-0.3, -0.25) is 19.0 Å². The quantitative estimate of drug-likeness (QED) is 0.492. The average Bonchev–Trinajstić information content (AvgIpc) is 3.15. The zero-order valence-electron chi connectivity index (χ0n) is 15.9. The van der Waals surface area contributed by atoms with Crippen LogP contribution in [0.4, 0.5) is 10.1 Å². The Hall–Kier alpha value is -3.65. The second-order valence-corrected chi connectivity index (χ2v) is 7.55. The molecule has 6 nitrogen and oxygen atoms in total. The summed E-state index contributed by atoms with van der Waals surface area (Å²) in [5.74, 6) is -0.817. The Bertz CT molecular complexity index is 1310. The predicted molar refractivity (Wildman–Crippen MR) is 114 cm³/mol. The molecular formula is C22H16FN3O3S. The number of amides is 1. The van der Waals surface area contributed by atoms with Crippen LogP contribution in [0.3, 0.4) is 0 Å². The topological polar surface area (TPSA) is 81.1 Å². The molecule has 0 spiro atoms. The number of halogens is 1. The molecule has 8 heteroatoms. The lowest BCUT2D eigenvalue weighted by molar-refractivity contribution is -0.114. The first-order valence-electron chi connectivity index (χ1n) is 9.06. The van der Waals surface area contributed by atoms with Crippen molar-refractivity contribution in [3.05, 3.63) is 82.0 Å². The van der Waals surface area contributed by atoms with E-state index in [1.807, 2.05) is 0 Å². The largest absolute Gasteiger partial charge is 0.326 e. The van der Waals surface area contributed by atoms with Gasteiger partial charge in [0.05, 0.1) is 18.3 Å². The van der Waals surface area contributed by atoms with E-state index >= 15 is 0 Å². The Morgan fingerprint density at radius 1 is 1.10 bits per heavy atom. The summed E-state index contributed by atoms with van der Waals surface area (Å²) in [4.78, 5) is 41.7. The molecule has 2 aromatic heterocycles. The number of nitrogens with zero attached hydrogens (tertiary/aromatic N) is 2. The number of benzene rings is 2. The van der Waals surface area contributed by atoms with Crippen LogP contribution >= 0.6 is 11.3 Å². The van der Waals surface area contributed by atoms with E-state index in [-0.39, 0.29) is 29.6 Å². The van der Waals surface area contributed by atoms with Crippen molar-refractivity contribution in [3.63, 3.8) is 0 Å². The maximum Gasteiger partial charge on any atom is 0.263 e. The van der Waals surface area contributed by atoms with E-state index in [1.165, 1.54) is 41.3 Å². The summed E-state index contributed by atoms with van der Waals surface area (Å²) < 4.78 is 14.5. The molecule has 2 heterocycles. The van der Waals surface area contributed by atoms with Crippen LogP contribution in [0, 0.1) is 5.82 Å². The molecule has 4 aromatic rings. The Labute approximate surface area is 174 Å². The van der Waals surface area contributed by atoms with Gasteiger partial charge in [0.1, 0.15) is 10.6 Å². The molecule has 0 radical (unpaired) electrons. The van der Waals surface area contributed by atoms with Gasteiger partial charge in [0, 0.05) is 29.1 Å². The number of anilines is 1. The summed E-state index contributed by atoms with van der Waals surface area (Å²) in [5, 5.41) is 4.84. The minimum Gasteiger partial charge on any atom is -0.326 e. The van der Waals surface area contributed by atoms with Crippen LogP contribution in [0.2, 0.25) is 0 Å². The van der Waals surface area contributed by atoms with Gasteiger partial charge in [0.15, 0.2) is 5.78 Å². The first kappa shape index (κ1) is 19.7. The Morgan fingerprint density at radius 2 is 1.80 bits per heavy atom. The van der Waals surface area contributed by atoms with E-state index in [4.69, 9.17) is 0 Å². The zero-order chi connectivity index (χ0) is 21.3. The molecule has 150 valence electrons. The lowest BCUT2D eigenvalue weighted by atomic mass is 10.1. The Kier molecular flexibility index (Phi) is 5.24. The van der Waals surface area contributed by atoms with Crippen molar-refractivity contribution in [3.8, 4) is 11.1 Å². The standard InChI is InChI=1S/C22H16FN3O3S/c1-13(27)25-17-8-4-15(5-9-17)19(28)10-26-12-24-21-20(22(26)29)18(11-30-21)14-2-6-16(23)7-3-14/h2-9,11-12H,10H2,1H3,(H,25,27). The molecule has 0 saturated carbocycles. The molecule has 0 aliphatic heterocycles. The van der Waals surface area contributed by atoms with Gasteiger partial charge in [-0.25, -0.2) is 9.37 Å². The summed E-state index contributed by atoms with van der Waals surface area (Å²) >= 11 is 1.32. The first-order chi connectivity index (χ1) is 14.4. The fourth-order valence-corrected chi connectivity index (χ4v) is 4.02. The minimum absolute atomic E-state index is 0.167. The number of Topliss-reactive ketones (excluding diaryl/α,β-unsaturated/α-hetero) is 1. The highest BCUT2D eigenvalue weighted by atomic mass is 32.1. The number of nitrogens with one attached hydrogen (secondary N) is 1. The van der Waals surface area contributed by atoms with Crippen molar-refractivity contribution in [1.82, 2.24) is 9.55 Å². The third kappa shape index (κ3) is 3.90. The van der Waals surface area contributed by atoms with Gasteiger partial charge in [0.2, 0.25) is 5.91 Å². The molecule has 0 saturated heterocycles. The molecule has 0 aliphatic rings. The molecule has 0 atom stereocenters. The fraction of sp³-hybridized carbons (Fsp3) is 0.0909. The molecular weight excluding hydrogens is 405 g/mol. The summed E-state index contributed by atoms with van der Waals surface area (Å²) in [6.45, 7) is 1.24. The van der Waals surface area contributed by atoms with Gasteiger partial charge in [-0.2, -0.15) is 0 Å². The highest BCUT2D eigenvalue weighted by molar-refractivity contribution is 7.17. The number of carbonyl (C=O) groups excluding carboxylic acids is 2. The summed E-state index contributed by atoms with van der Waals surface area (Å²) in [5.41, 5.74) is 2.04. The van der Waals surface area contributed by atoms with E-state index < -0.39 is 0 Å². The van der Waals surface area contributed by atoms with Crippen LogP contribution in [0.1, 0.15) is 17.3 Å². The van der Waals surface area contributed by atoms with Crippen LogP contribution in [0.25, 0.3) is 21.3 Å². The molecule has 30 heavy (non-hydrogen) atoms. The highest BCUT2D eigenvalue weighted by Gasteiger charge is 2.15. The normalized spacial score (nSPS) is 10.9. The molecule has 0 fully saturated rings. The number of aromatic nitrogens is 2. The number of fused-ring (bicyclic) bond motifs is 1. The van der Waals surface area contributed by atoms with Gasteiger partial charge in [-0.15, -0.1) is 11.3 Å². The third-order valence-electron chi connectivity index (χ3n) is 4.56. The number of rotatable bonds is 5. The molecule has 0 bridgehead atoms. The molecule has 4 rings (SSSR count). The van der Waals surface area contributed by atoms with Crippen molar-refractivity contribution in [1.29, 1.82) is 0 Å². The van der Waals surface area contributed by atoms with Crippen molar-refractivity contribution in [2.24, 2.45) is 0 Å². The van der Waals surface area contributed by atoms with E-state index in [2.05, 4.69) is 10.3 Å². The van der Waals surface area contributed by atoms with Gasteiger partial charge >= 0.3 is 0 Å². The number of thiophene rings is 1. The Balaban J connectivity index is 1.65. The van der Waals surface area contributed by atoms with Gasteiger partial charge in [-0.05, 0) is 42.0 Å². The fourth-order valence-electron chi connectivity index (χ4n) is 3.11. The van der Waals surface area contributed by atoms with Crippen molar-refractivity contribution < 1.29 is 14.0 Å². The average molecular weight is 421 g/mol. The lowest BCUT2D eigenvalue weighted by Crippen LogP contribution is -2.24. The van der Waals surface area contributed by atoms with Crippen molar-refractivity contribution in [2.75, 3.05) is 5.32 Å². The van der Waals surface area contributed by atoms with Gasteiger partial charge < -0.3 is 5.32 Å². The molecule has 1 N–H and O–H groups in total. The van der Waals surface area contributed by atoms with Crippen LogP contribution < -0.4 is 10.9 Å². The molecule has 0 aliphatic carbocycles. The van der Waals surface area contributed by atoms with E-state index in [1.54, 1.807) is 41.8 Å². The monoisotopic (exact) mass is 421 g/mol. The molecule has 2 aromatic carbocycles. The predicted octanol–water partition coefficient (Wildman–Crippen LogP) is 4.11. The van der Waals surface area contributed by atoms with Crippen LogP contribution in [-0.4, -0.2) is 21.2 Å². The lowest BCUT2D eigenvalue weighted by Gasteiger charge is -2.07. The van der Waals surface area contributed by atoms with E-state index in [9.17, 15) is 18.8 Å². The van der Waals surface area contributed by atoms with Crippen LogP contribution in [0.5, 0.6) is 0 Å². The molecule has 1 amide bonds. The summed E-state index contributed by atoms with van der Waals surface area (Å²) in [6, 6.07) is 12.3. The summed E-state index contributed by atoms with van der Waals surface area (Å²) in [7, 11) is 0. The molecule has 0 unspecified atom stereocenters. The number of hydrogen-bond donors (Lipinski definition) is 1. The smallest absolute Gasteiger partial charge is 0.263 e.